The Labute approximate surface area is 183 Å². The number of anilines is 1. The normalized spacial score (nSPS) is 42.5. The summed E-state index contributed by atoms with van der Waals surface area (Å²) in [6, 6.07) is 8.32. The van der Waals surface area contributed by atoms with Crippen molar-refractivity contribution in [1.29, 1.82) is 5.26 Å². The second-order valence-electron chi connectivity index (χ2n) is 11.7. The Hall–Kier alpha value is -1.49. The lowest BCUT2D eigenvalue weighted by Crippen LogP contribution is -2.49. The number of nitrogens with zero attached hydrogens (tertiary/aromatic N) is 1. The summed E-state index contributed by atoms with van der Waals surface area (Å²) in [6.45, 7) is 8.36. The van der Waals surface area contributed by atoms with Crippen molar-refractivity contribution < 1.29 is 0 Å². The van der Waals surface area contributed by atoms with Gasteiger partial charge in [-0.25, -0.2) is 0 Å². The maximum Gasteiger partial charge on any atom is 0.0991 e. The fourth-order valence-electron chi connectivity index (χ4n) is 8.70. The van der Waals surface area contributed by atoms with Gasteiger partial charge >= 0.3 is 0 Å². The molecule has 30 heavy (non-hydrogen) atoms. The molecular weight excluding hydrogens is 364 g/mol. The molecule has 8 atom stereocenters. The largest absolute Gasteiger partial charge is 0.385 e. The Morgan fingerprint density at radius 3 is 2.67 bits per heavy atom. The van der Waals surface area contributed by atoms with Crippen LogP contribution in [0.4, 0.5) is 5.69 Å². The summed E-state index contributed by atoms with van der Waals surface area (Å²) in [6.07, 6.45) is 13.4. The SMILES string of the molecule is Cc1cc(C#N)ccc1NC[C@H]1CCC2[C@@H]3CC[C@@H]4C[C@@H](C)CC[C@@H]4C3CC[C@@]21C. The van der Waals surface area contributed by atoms with Gasteiger partial charge < -0.3 is 5.32 Å². The molecule has 0 amide bonds. The van der Waals surface area contributed by atoms with Crippen LogP contribution in [0.5, 0.6) is 0 Å². The van der Waals surface area contributed by atoms with E-state index in [1.807, 2.05) is 12.1 Å². The first kappa shape index (κ1) is 20.4. The molecule has 5 rings (SSSR count). The van der Waals surface area contributed by atoms with E-state index in [0.717, 1.165) is 53.5 Å². The quantitative estimate of drug-likeness (QED) is 0.579. The minimum Gasteiger partial charge on any atom is -0.385 e. The molecule has 2 heteroatoms. The maximum absolute atomic E-state index is 9.13. The van der Waals surface area contributed by atoms with Crippen LogP contribution in [0.15, 0.2) is 18.2 Å². The van der Waals surface area contributed by atoms with Crippen molar-refractivity contribution in [3.05, 3.63) is 29.3 Å². The number of rotatable bonds is 3. The van der Waals surface area contributed by atoms with E-state index in [1.54, 1.807) is 0 Å². The highest BCUT2D eigenvalue weighted by atomic mass is 14.9. The van der Waals surface area contributed by atoms with Crippen molar-refractivity contribution in [2.75, 3.05) is 11.9 Å². The first-order chi connectivity index (χ1) is 14.5. The van der Waals surface area contributed by atoms with Crippen molar-refractivity contribution in [2.24, 2.45) is 46.8 Å². The molecule has 0 aliphatic heterocycles. The number of nitriles is 1. The predicted molar refractivity (Wildman–Crippen MR) is 124 cm³/mol. The molecule has 1 aromatic carbocycles. The van der Waals surface area contributed by atoms with E-state index >= 15 is 0 Å². The Kier molecular flexibility index (Phi) is 5.37. The third-order valence-electron chi connectivity index (χ3n) is 10.3. The van der Waals surface area contributed by atoms with Crippen LogP contribution in [0.3, 0.4) is 0 Å². The molecule has 2 nitrogen and oxygen atoms in total. The standard InChI is InChI=1S/C28H40N2/c1-18-4-8-23-21(14-18)6-9-25-24(23)12-13-28(3)22(7-10-26(25)28)17-30-27-11-5-20(16-29)15-19(27)2/h5,11,15,18,21-26,30H,4,6-10,12-14,17H2,1-3H3/t18-,21+,22+,23-,24?,25+,26?,28+/m0/s1. The van der Waals surface area contributed by atoms with Gasteiger partial charge in [0.15, 0.2) is 0 Å². The van der Waals surface area contributed by atoms with Gasteiger partial charge in [-0.05, 0) is 129 Å². The fraction of sp³-hybridized carbons (Fsp3) is 0.750. The number of fused-ring (bicyclic) bond motifs is 5. The Morgan fingerprint density at radius 1 is 1.03 bits per heavy atom. The third-order valence-corrected chi connectivity index (χ3v) is 10.3. The summed E-state index contributed by atoms with van der Waals surface area (Å²) < 4.78 is 0. The molecule has 4 saturated carbocycles. The van der Waals surface area contributed by atoms with Gasteiger partial charge in [-0.1, -0.05) is 20.3 Å². The van der Waals surface area contributed by atoms with E-state index in [9.17, 15) is 0 Å². The Morgan fingerprint density at radius 2 is 1.87 bits per heavy atom. The topological polar surface area (TPSA) is 35.8 Å². The average Bonchev–Trinajstić information content (AvgIpc) is 3.08. The lowest BCUT2D eigenvalue weighted by atomic mass is 9.49. The molecule has 0 spiro atoms. The highest BCUT2D eigenvalue weighted by molar-refractivity contribution is 5.54. The van der Waals surface area contributed by atoms with Crippen LogP contribution in [0.2, 0.25) is 0 Å². The van der Waals surface area contributed by atoms with Crippen LogP contribution in [0.1, 0.15) is 82.8 Å². The molecule has 0 bridgehead atoms. The highest BCUT2D eigenvalue weighted by Gasteiger charge is 2.56. The van der Waals surface area contributed by atoms with Crippen LogP contribution in [0, 0.1) is 65.1 Å². The molecule has 4 fully saturated rings. The van der Waals surface area contributed by atoms with E-state index in [0.29, 0.717) is 5.41 Å². The number of benzene rings is 1. The number of hydrogen-bond donors (Lipinski definition) is 1. The minimum atomic E-state index is 0.531. The van der Waals surface area contributed by atoms with E-state index < -0.39 is 0 Å². The number of hydrogen-bond acceptors (Lipinski definition) is 2. The van der Waals surface area contributed by atoms with Crippen molar-refractivity contribution in [3.63, 3.8) is 0 Å². The first-order valence-corrected chi connectivity index (χ1v) is 12.7. The van der Waals surface area contributed by atoms with Gasteiger partial charge in [-0.3, -0.25) is 0 Å². The Balaban J connectivity index is 1.27. The van der Waals surface area contributed by atoms with Crippen LogP contribution >= 0.6 is 0 Å². The van der Waals surface area contributed by atoms with Gasteiger partial charge in [0.05, 0.1) is 11.6 Å². The van der Waals surface area contributed by atoms with Gasteiger partial charge in [0.2, 0.25) is 0 Å². The van der Waals surface area contributed by atoms with Crippen molar-refractivity contribution in [1.82, 2.24) is 0 Å². The Bertz CT molecular complexity index is 822. The van der Waals surface area contributed by atoms with E-state index in [2.05, 4.69) is 38.2 Å². The summed E-state index contributed by atoms with van der Waals surface area (Å²) >= 11 is 0. The molecule has 1 N–H and O–H groups in total. The van der Waals surface area contributed by atoms with E-state index in [4.69, 9.17) is 5.26 Å². The molecule has 0 heterocycles. The molecule has 4 aliphatic rings. The van der Waals surface area contributed by atoms with Crippen LogP contribution in [-0.2, 0) is 0 Å². The summed E-state index contributed by atoms with van der Waals surface area (Å²) in [5, 5.41) is 12.9. The second-order valence-corrected chi connectivity index (χ2v) is 11.7. The lowest BCUT2D eigenvalue weighted by molar-refractivity contribution is -0.0656. The van der Waals surface area contributed by atoms with Gasteiger partial charge in [0.25, 0.3) is 0 Å². The molecular formula is C28H40N2. The van der Waals surface area contributed by atoms with Crippen molar-refractivity contribution in [2.45, 2.75) is 78.6 Å². The van der Waals surface area contributed by atoms with Crippen LogP contribution < -0.4 is 5.32 Å². The van der Waals surface area contributed by atoms with Gasteiger partial charge in [-0.15, -0.1) is 0 Å². The second kappa shape index (κ2) is 7.89. The summed E-state index contributed by atoms with van der Waals surface area (Å²) in [5.74, 6) is 6.90. The van der Waals surface area contributed by atoms with E-state index in [1.165, 1.54) is 69.0 Å². The molecule has 2 unspecified atom stereocenters. The third kappa shape index (κ3) is 3.37. The van der Waals surface area contributed by atoms with Gasteiger partial charge in [0.1, 0.15) is 0 Å². The van der Waals surface area contributed by atoms with Gasteiger partial charge in [-0.2, -0.15) is 5.26 Å². The lowest BCUT2D eigenvalue weighted by Gasteiger charge is -2.56. The van der Waals surface area contributed by atoms with Gasteiger partial charge in [0, 0.05) is 12.2 Å². The molecule has 4 aliphatic carbocycles. The average molecular weight is 405 g/mol. The molecule has 0 aromatic heterocycles. The summed E-state index contributed by atoms with van der Waals surface area (Å²) in [7, 11) is 0. The zero-order chi connectivity index (χ0) is 20.9. The number of aryl methyl sites for hydroxylation is 1. The smallest absolute Gasteiger partial charge is 0.0991 e. The summed E-state index contributed by atoms with van der Waals surface area (Å²) in [5.41, 5.74) is 3.70. The van der Waals surface area contributed by atoms with E-state index in [-0.39, 0.29) is 0 Å². The maximum atomic E-state index is 9.13. The monoisotopic (exact) mass is 404 g/mol. The molecule has 0 saturated heterocycles. The van der Waals surface area contributed by atoms with Crippen molar-refractivity contribution in [3.8, 4) is 6.07 Å². The summed E-state index contributed by atoms with van der Waals surface area (Å²) in [4.78, 5) is 0. The zero-order valence-corrected chi connectivity index (χ0v) is 19.3. The predicted octanol–water partition coefficient (Wildman–Crippen LogP) is 7.18. The molecule has 0 radical (unpaired) electrons. The fourth-order valence-corrected chi connectivity index (χ4v) is 8.70. The van der Waals surface area contributed by atoms with Crippen molar-refractivity contribution >= 4 is 5.69 Å². The number of nitrogens with one attached hydrogen (secondary N) is 1. The first-order valence-electron chi connectivity index (χ1n) is 12.7. The zero-order valence-electron chi connectivity index (χ0n) is 19.3. The highest BCUT2D eigenvalue weighted by Crippen LogP contribution is 2.64. The van der Waals surface area contributed by atoms with Crippen LogP contribution in [0.25, 0.3) is 0 Å². The molecule has 1 aromatic rings. The molecule has 162 valence electrons. The minimum absolute atomic E-state index is 0.531. The van der Waals surface area contributed by atoms with Crippen LogP contribution in [-0.4, -0.2) is 6.54 Å².